The molecule has 5 fully saturated rings. The maximum atomic E-state index is 6.53. The average Bonchev–Trinajstić information content (AvgIpc) is 2.72. The van der Waals surface area contributed by atoms with Gasteiger partial charge in [-0.2, -0.15) is 0 Å². The predicted molar refractivity (Wildman–Crippen MR) is 116 cm³/mol. The Morgan fingerprint density at radius 1 is 0.800 bits per heavy atom. The minimum Gasteiger partial charge on any atom is -0.359 e. The number of methoxy groups -OCH3 is 2. The molecule has 0 amide bonds. The van der Waals surface area contributed by atoms with Crippen LogP contribution in [0.2, 0.25) is 0 Å². The summed E-state index contributed by atoms with van der Waals surface area (Å²) in [4.78, 5) is 0. The third-order valence-corrected chi connectivity index (χ3v) is 9.79. The summed E-state index contributed by atoms with van der Waals surface area (Å²) in [5.41, 5.74) is 1.20. The summed E-state index contributed by atoms with van der Waals surface area (Å²) in [5, 5.41) is 0. The lowest BCUT2D eigenvalue weighted by molar-refractivity contribution is -0.276. The number of ether oxygens (including phenoxy) is 5. The topological polar surface area (TPSA) is 46.2 Å². The van der Waals surface area contributed by atoms with Crippen molar-refractivity contribution in [2.45, 2.75) is 78.2 Å². The van der Waals surface area contributed by atoms with Crippen LogP contribution in [-0.2, 0) is 23.7 Å². The summed E-state index contributed by atoms with van der Waals surface area (Å²) in [7, 11) is 3.37. The first-order chi connectivity index (χ1) is 14.4. The largest absolute Gasteiger partial charge is 0.359 e. The van der Waals surface area contributed by atoms with E-state index < -0.39 is 0 Å². The molecule has 0 aromatic carbocycles. The third kappa shape index (κ3) is 3.77. The smallest absolute Gasteiger partial charge is 0.149 e. The van der Waals surface area contributed by atoms with E-state index in [9.17, 15) is 0 Å². The molecule has 5 nitrogen and oxygen atoms in total. The fourth-order valence-corrected chi connectivity index (χ4v) is 8.79. The molecule has 0 radical (unpaired) electrons. The molecular formula is C25H44O5. The Labute approximate surface area is 183 Å². The van der Waals surface area contributed by atoms with Gasteiger partial charge < -0.3 is 23.7 Å². The number of rotatable bonds is 9. The van der Waals surface area contributed by atoms with Crippen molar-refractivity contribution in [3.8, 4) is 0 Å². The zero-order chi connectivity index (χ0) is 21.4. The van der Waals surface area contributed by atoms with Crippen LogP contribution in [0.5, 0.6) is 0 Å². The lowest BCUT2D eigenvalue weighted by Crippen LogP contribution is -2.67. The van der Waals surface area contributed by atoms with E-state index in [0.717, 1.165) is 11.8 Å². The molecule has 6 unspecified atom stereocenters. The van der Waals surface area contributed by atoms with E-state index in [1.807, 2.05) is 0 Å². The third-order valence-electron chi connectivity index (χ3n) is 9.79. The monoisotopic (exact) mass is 424 g/mol. The van der Waals surface area contributed by atoms with Crippen LogP contribution in [0.1, 0.15) is 72.1 Å². The van der Waals surface area contributed by atoms with Gasteiger partial charge in [-0.1, -0.05) is 27.2 Å². The molecule has 7 atom stereocenters. The average molecular weight is 425 g/mol. The van der Waals surface area contributed by atoms with Gasteiger partial charge in [0.05, 0.1) is 12.7 Å². The Kier molecular flexibility index (Phi) is 6.87. The van der Waals surface area contributed by atoms with Gasteiger partial charge in [-0.25, -0.2) is 0 Å². The molecule has 5 saturated carbocycles. The Bertz CT molecular complexity index is 580. The number of fused-ring (bicyclic) bond motifs is 3. The van der Waals surface area contributed by atoms with Crippen molar-refractivity contribution in [1.82, 2.24) is 0 Å². The lowest BCUT2D eigenvalue weighted by atomic mass is 9.35. The predicted octanol–water partition coefficient (Wildman–Crippen LogP) is 5.23. The van der Waals surface area contributed by atoms with E-state index in [4.69, 9.17) is 23.7 Å². The van der Waals surface area contributed by atoms with E-state index in [1.165, 1.54) is 51.4 Å². The molecule has 0 heterocycles. The summed E-state index contributed by atoms with van der Waals surface area (Å²) in [6, 6.07) is 0. The van der Waals surface area contributed by atoms with E-state index in [0.29, 0.717) is 42.9 Å². The van der Waals surface area contributed by atoms with Crippen LogP contribution < -0.4 is 0 Å². The fourth-order valence-electron chi connectivity index (χ4n) is 8.79. The first kappa shape index (κ1) is 23.0. The molecule has 0 aromatic rings. The highest BCUT2D eigenvalue weighted by molar-refractivity contribution is 5.16. The first-order valence-corrected chi connectivity index (χ1v) is 12.1. The van der Waals surface area contributed by atoms with Gasteiger partial charge >= 0.3 is 0 Å². The highest BCUT2D eigenvalue weighted by Crippen LogP contribution is 2.72. The Hall–Kier alpha value is -0.200. The zero-order valence-electron chi connectivity index (χ0n) is 19.9. The molecule has 5 heteroatoms. The molecule has 30 heavy (non-hydrogen) atoms. The van der Waals surface area contributed by atoms with E-state index in [-0.39, 0.29) is 18.3 Å². The van der Waals surface area contributed by atoms with Crippen molar-refractivity contribution in [2.24, 2.45) is 39.9 Å². The standard InChI is InChI=1S/C25H44O5/c1-23(2)9-6-10-24(3)20(23)8-12-25-11-7-18(13-21(24)25)19(22(25)30-16-27-5)14-28-17-29-15-26-4/h18-22H,6-17H2,1-5H3/t18?,19?,20?,21?,22?,24-,25?/m1/s1. The van der Waals surface area contributed by atoms with Gasteiger partial charge in [0.25, 0.3) is 0 Å². The SMILES string of the molecule is COCOCOCC1C2CCC3(CCC4C(C)(C)CCC[C@@]4(C)C3C2)C1OCOC. The lowest BCUT2D eigenvalue weighted by Gasteiger charge is -2.70. The van der Waals surface area contributed by atoms with Gasteiger partial charge in [0, 0.05) is 25.6 Å². The molecule has 174 valence electrons. The number of hydrogen-bond acceptors (Lipinski definition) is 5. The Balaban J connectivity index is 1.57. The Morgan fingerprint density at radius 3 is 2.33 bits per heavy atom. The van der Waals surface area contributed by atoms with Gasteiger partial charge in [0.2, 0.25) is 0 Å². The molecule has 5 aliphatic rings. The second-order valence-corrected chi connectivity index (χ2v) is 11.5. The van der Waals surface area contributed by atoms with E-state index in [2.05, 4.69) is 20.8 Å². The maximum Gasteiger partial charge on any atom is 0.149 e. The molecule has 5 rings (SSSR count). The van der Waals surface area contributed by atoms with Crippen LogP contribution in [0.15, 0.2) is 0 Å². The van der Waals surface area contributed by atoms with Crippen LogP contribution >= 0.6 is 0 Å². The second-order valence-electron chi connectivity index (χ2n) is 11.5. The van der Waals surface area contributed by atoms with Gasteiger partial charge in [-0.3, -0.25) is 0 Å². The van der Waals surface area contributed by atoms with Crippen molar-refractivity contribution >= 4 is 0 Å². The summed E-state index contributed by atoms with van der Waals surface area (Å²) in [6.45, 7) is 9.37. The molecular weight excluding hydrogens is 380 g/mol. The van der Waals surface area contributed by atoms with Crippen LogP contribution in [0.3, 0.4) is 0 Å². The summed E-state index contributed by atoms with van der Waals surface area (Å²) >= 11 is 0. The van der Waals surface area contributed by atoms with Gasteiger partial charge in [-0.15, -0.1) is 0 Å². The normalized spacial score (nSPS) is 44.5. The van der Waals surface area contributed by atoms with Crippen molar-refractivity contribution < 1.29 is 23.7 Å². The summed E-state index contributed by atoms with van der Waals surface area (Å²) < 4.78 is 28.2. The fraction of sp³-hybridized carbons (Fsp3) is 1.00. The van der Waals surface area contributed by atoms with E-state index in [1.54, 1.807) is 14.2 Å². The molecule has 0 aromatic heterocycles. The van der Waals surface area contributed by atoms with E-state index >= 15 is 0 Å². The molecule has 2 bridgehead atoms. The highest BCUT2D eigenvalue weighted by Gasteiger charge is 2.67. The van der Waals surface area contributed by atoms with Gasteiger partial charge in [0.1, 0.15) is 20.4 Å². The quantitative estimate of drug-likeness (QED) is 0.375. The summed E-state index contributed by atoms with van der Waals surface area (Å²) in [6.07, 6.45) is 11.0. The van der Waals surface area contributed by atoms with Crippen molar-refractivity contribution in [3.05, 3.63) is 0 Å². The Morgan fingerprint density at radius 2 is 1.57 bits per heavy atom. The molecule has 0 aliphatic heterocycles. The summed E-state index contributed by atoms with van der Waals surface area (Å²) in [5.74, 6) is 2.73. The zero-order valence-corrected chi connectivity index (χ0v) is 19.9. The van der Waals surface area contributed by atoms with Crippen LogP contribution in [-0.4, -0.2) is 47.3 Å². The molecule has 5 aliphatic carbocycles. The molecule has 0 saturated heterocycles. The maximum absolute atomic E-state index is 6.53. The van der Waals surface area contributed by atoms with Crippen molar-refractivity contribution in [3.63, 3.8) is 0 Å². The van der Waals surface area contributed by atoms with Crippen LogP contribution in [0.4, 0.5) is 0 Å². The first-order valence-electron chi connectivity index (χ1n) is 12.1. The minimum atomic E-state index is 0.236. The van der Waals surface area contributed by atoms with Crippen LogP contribution in [0.25, 0.3) is 0 Å². The number of hydrogen-bond donors (Lipinski definition) is 0. The minimum absolute atomic E-state index is 0.236. The molecule has 0 N–H and O–H groups in total. The van der Waals surface area contributed by atoms with Crippen molar-refractivity contribution in [1.29, 1.82) is 0 Å². The van der Waals surface area contributed by atoms with Crippen molar-refractivity contribution in [2.75, 3.05) is 41.2 Å². The second kappa shape index (κ2) is 8.97. The highest BCUT2D eigenvalue weighted by atomic mass is 16.7. The van der Waals surface area contributed by atoms with Crippen LogP contribution in [0, 0.1) is 39.9 Å². The van der Waals surface area contributed by atoms with Gasteiger partial charge in [0.15, 0.2) is 0 Å². The molecule has 1 spiro atoms. The van der Waals surface area contributed by atoms with Gasteiger partial charge in [-0.05, 0) is 73.5 Å².